The van der Waals surface area contributed by atoms with E-state index in [1.54, 1.807) is 14.0 Å². The van der Waals surface area contributed by atoms with Gasteiger partial charge < -0.3 is 9.47 Å². The zero-order valence-corrected chi connectivity index (χ0v) is 16.0. The quantitative estimate of drug-likeness (QED) is 0.650. The van der Waals surface area contributed by atoms with E-state index in [0.717, 1.165) is 24.2 Å². The fourth-order valence-electron chi connectivity index (χ4n) is 3.56. The molecule has 0 aliphatic carbocycles. The molecule has 0 atom stereocenters. The number of allylic oxidation sites excluding steroid dienone is 1. The third kappa shape index (κ3) is 2.78. The summed E-state index contributed by atoms with van der Waals surface area (Å²) >= 11 is 6.15. The first kappa shape index (κ1) is 17.6. The van der Waals surface area contributed by atoms with Crippen LogP contribution in [0.1, 0.15) is 13.3 Å². The Hall–Kier alpha value is -2.80. The highest BCUT2D eigenvalue weighted by molar-refractivity contribution is 6.30. The fourth-order valence-corrected chi connectivity index (χ4v) is 3.75. The smallest absolute Gasteiger partial charge is 0.312 e. The molecular weight excluding hydrogens is 366 g/mol. The van der Waals surface area contributed by atoms with Gasteiger partial charge in [0.15, 0.2) is 11.2 Å². The van der Waals surface area contributed by atoms with E-state index in [0.29, 0.717) is 28.7 Å². The molecular formula is C19H20ClN5O2. The van der Waals surface area contributed by atoms with Crippen LogP contribution in [-0.4, -0.2) is 25.2 Å². The Morgan fingerprint density at radius 2 is 2.07 bits per heavy atom. The third-order valence-corrected chi connectivity index (χ3v) is 5.00. The Labute approximate surface area is 160 Å². The Kier molecular flexibility index (Phi) is 4.19. The topological polar surface area (TPSA) is 65.1 Å². The standard InChI is InChI=1S/C19H20ClN5O2/c1-12(2)11-25-17(26)15-16(22(3)19(25)27)21-18-23(8-5-9-24(15)18)14-7-4-6-13(20)10-14/h4,6-7,10H,1,5,8-9,11H2,2-3H3. The minimum atomic E-state index is -0.389. The van der Waals surface area contributed by atoms with Crippen molar-refractivity contribution >= 4 is 34.4 Å². The average Bonchev–Trinajstić information content (AvgIpc) is 3.03. The van der Waals surface area contributed by atoms with Crippen molar-refractivity contribution < 1.29 is 0 Å². The van der Waals surface area contributed by atoms with Crippen LogP contribution in [0.5, 0.6) is 0 Å². The molecule has 0 unspecified atom stereocenters. The van der Waals surface area contributed by atoms with Crippen molar-refractivity contribution in [3.63, 3.8) is 0 Å². The molecule has 0 bridgehead atoms. The summed E-state index contributed by atoms with van der Waals surface area (Å²) in [4.78, 5) is 32.4. The number of nitrogens with zero attached hydrogens (tertiary/aromatic N) is 5. The van der Waals surface area contributed by atoms with Gasteiger partial charge in [0.2, 0.25) is 5.95 Å². The largest absolute Gasteiger partial charge is 0.332 e. The number of halogens is 1. The molecule has 4 rings (SSSR count). The highest BCUT2D eigenvalue weighted by Crippen LogP contribution is 2.32. The zero-order valence-electron chi connectivity index (χ0n) is 15.3. The van der Waals surface area contributed by atoms with Crippen LogP contribution >= 0.6 is 11.6 Å². The second-order valence-electron chi connectivity index (χ2n) is 6.91. The van der Waals surface area contributed by atoms with Gasteiger partial charge >= 0.3 is 5.69 Å². The summed E-state index contributed by atoms with van der Waals surface area (Å²) in [6, 6.07) is 7.53. The van der Waals surface area contributed by atoms with E-state index in [4.69, 9.17) is 11.6 Å². The molecule has 7 nitrogen and oxygen atoms in total. The normalized spacial score (nSPS) is 13.8. The molecule has 0 radical (unpaired) electrons. The Balaban J connectivity index is 2.00. The highest BCUT2D eigenvalue weighted by Gasteiger charge is 2.27. The first-order valence-corrected chi connectivity index (χ1v) is 9.14. The predicted molar refractivity (Wildman–Crippen MR) is 107 cm³/mol. The molecule has 1 aliphatic rings. The van der Waals surface area contributed by atoms with Gasteiger partial charge in [-0.2, -0.15) is 4.98 Å². The van der Waals surface area contributed by atoms with Crippen molar-refractivity contribution in [1.29, 1.82) is 0 Å². The molecule has 2 aromatic heterocycles. The van der Waals surface area contributed by atoms with Crippen molar-refractivity contribution in [3.05, 3.63) is 62.3 Å². The molecule has 0 amide bonds. The highest BCUT2D eigenvalue weighted by atomic mass is 35.5. The van der Waals surface area contributed by atoms with E-state index in [1.807, 2.05) is 33.7 Å². The van der Waals surface area contributed by atoms with E-state index in [2.05, 4.69) is 11.6 Å². The minimum Gasteiger partial charge on any atom is -0.312 e. The number of aromatic nitrogens is 4. The molecule has 0 fully saturated rings. The first-order chi connectivity index (χ1) is 12.9. The van der Waals surface area contributed by atoms with Crippen LogP contribution in [-0.2, 0) is 20.1 Å². The van der Waals surface area contributed by atoms with Crippen LogP contribution in [0.15, 0.2) is 46.0 Å². The summed E-state index contributed by atoms with van der Waals surface area (Å²) < 4.78 is 4.55. The maximum absolute atomic E-state index is 13.1. The average molecular weight is 386 g/mol. The number of aryl methyl sites for hydroxylation is 2. The van der Waals surface area contributed by atoms with Crippen LogP contribution in [0.25, 0.3) is 11.2 Å². The number of hydrogen-bond donors (Lipinski definition) is 0. The van der Waals surface area contributed by atoms with Crippen LogP contribution < -0.4 is 16.1 Å². The molecule has 27 heavy (non-hydrogen) atoms. The minimum absolute atomic E-state index is 0.194. The molecule has 1 aliphatic heterocycles. The summed E-state index contributed by atoms with van der Waals surface area (Å²) in [5.41, 5.74) is 1.77. The molecule has 0 N–H and O–H groups in total. The SMILES string of the molecule is C=C(C)Cn1c(=O)c2c(nc3n2CCCN3c2cccc(Cl)c2)n(C)c1=O. The van der Waals surface area contributed by atoms with Crippen LogP contribution in [0, 0.1) is 0 Å². The van der Waals surface area contributed by atoms with Gasteiger partial charge in [-0.1, -0.05) is 29.8 Å². The summed E-state index contributed by atoms with van der Waals surface area (Å²) in [7, 11) is 1.64. The molecule has 3 heterocycles. The molecule has 8 heteroatoms. The molecule has 0 spiro atoms. The van der Waals surface area contributed by atoms with Gasteiger partial charge in [-0.3, -0.25) is 13.9 Å². The van der Waals surface area contributed by atoms with Crippen molar-refractivity contribution in [2.75, 3.05) is 11.4 Å². The molecule has 0 saturated carbocycles. The Bertz CT molecular complexity index is 1190. The van der Waals surface area contributed by atoms with Gasteiger partial charge in [0.25, 0.3) is 5.56 Å². The Morgan fingerprint density at radius 3 is 2.78 bits per heavy atom. The Morgan fingerprint density at radius 1 is 1.30 bits per heavy atom. The second-order valence-corrected chi connectivity index (χ2v) is 7.35. The number of anilines is 2. The number of fused-ring (bicyclic) bond motifs is 3. The molecule has 1 aromatic carbocycles. The van der Waals surface area contributed by atoms with Crippen molar-refractivity contribution in [1.82, 2.24) is 18.7 Å². The fraction of sp³-hybridized carbons (Fsp3) is 0.316. The summed E-state index contributed by atoms with van der Waals surface area (Å²) in [5.74, 6) is 0.652. The van der Waals surface area contributed by atoms with Gasteiger partial charge in [0, 0.05) is 30.8 Å². The maximum atomic E-state index is 13.1. The number of benzene rings is 1. The van der Waals surface area contributed by atoms with Crippen LogP contribution in [0.3, 0.4) is 0 Å². The molecule has 0 saturated heterocycles. The van der Waals surface area contributed by atoms with E-state index < -0.39 is 0 Å². The van der Waals surface area contributed by atoms with E-state index in [-0.39, 0.29) is 17.8 Å². The molecule has 3 aromatic rings. The predicted octanol–water partition coefficient (Wildman–Crippen LogP) is 2.67. The van der Waals surface area contributed by atoms with E-state index in [9.17, 15) is 9.59 Å². The first-order valence-electron chi connectivity index (χ1n) is 8.76. The van der Waals surface area contributed by atoms with Gasteiger partial charge in [0.1, 0.15) is 0 Å². The van der Waals surface area contributed by atoms with Crippen molar-refractivity contribution in [3.8, 4) is 0 Å². The van der Waals surface area contributed by atoms with Gasteiger partial charge in [-0.25, -0.2) is 4.79 Å². The summed E-state index contributed by atoms with van der Waals surface area (Å²) in [5, 5.41) is 0.636. The van der Waals surface area contributed by atoms with Crippen LogP contribution in [0.2, 0.25) is 5.02 Å². The third-order valence-electron chi connectivity index (χ3n) is 4.77. The monoisotopic (exact) mass is 385 g/mol. The molecule has 140 valence electrons. The van der Waals surface area contributed by atoms with Gasteiger partial charge in [0.05, 0.1) is 6.54 Å². The van der Waals surface area contributed by atoms with Gasteiger partial charge in [-0.05, 0) is 31.5 Å². The lowest BCUT2D eigenvalue weighted by Gasteiger charge is -2.29. The second kappa shape index (κ2) is 6.42. The lowest BCUT2D eigenvalue weighted by atomic mass is 10.2. The number of imidazole rings is 1. The zero-order chi connectivity index (χ0) is 19.3. The lowest BCUT2D eigenvalue weighted by molar-refractivity contribution is 0.597. The van der Waals surface area contributed by atoms with Crippen molar-refractivity contribution in [2.45, 2.75) is 26.4 Å². The maximum Gasteiger partial charge on any atom is 0.332 e. The number of rotatable bonds is 3. The van der Waals surface area contributed by atoms with E-state index in [1.165, 1.54) is 9.13 Å². The van der Waals surface area contributed by atoms with Crippen molar-refractivity contribution in [2.24, 2.45) is 7.05 Å². The summed E-state index contributed by atoms with van der Waals surface area (Å²) in [6.07, 6.45) is 0.855. The summed E-state index contributed by atoms with van der Waals surface area (Å²) in [6.45, 7) is 7.25. The lowest BCUT2D eigenvalue weighted by Crippen LogP contribution is -2.40. The number of hydrogen-bond acceptors (Lipinski definition) is 4. The van der Waals surface area contributed by atoms with Gasteiger partial charge in [-0.15, -0.1) is 0 Å². The van der Waals surface area contributed by atoms with Crippen LogP contribution in [0.4, 0.5) is 11.6 Å². The van der Waals surface area contributed by atoms with E-state index >= 15 is 0 Å².